The number of rotatable bonds is 10. The number of thioether (sulfide) groups is 1. The first-order valence-electron chi connectivity index (χ1n) is 13.5. The Labute approximate surface area is 248 Å². The number of pyridine rings is 1. The molecule has 0 amide bonds. The van der Waals surface area contributed by atoms with Gasteiger partial charge in [-0.3, -0.25) is 9.78 Å². The van der Waals surface area contributed by atoms with Crippen LogP contribution in [0, 0.1) is 5.41 Å². The van der Waals surface area contributed by atoms with Gasteiger partial charge in [-0.15, -0.1) is 22.0 Å². The van der Waals surface area contributed by atoms with Crippen LogP contribution in [0.1, 0.15) is 51.6 Å². The number of ether oxygens (including phenoxy) is 1. The number of aromatic nitrogens is 4. The predicted octanol–water partition coefficient (Wildman–Crippen LogP) is 7.73. The van der Waals surface area contributed by atoms with E-state index in [2.05, 4.69) is 76.9 Å². The first-order valence-corrected chi connectivity index (χ1v) is 15.2. The fraction of sp³-hybridized carbons (Fsp3) is 0.312. The molecule has 0 bridgehead atoms. The van der Waals surface area contributed by atoms with Gasteiger partial charge < -0.3 is 14.4 Å². The molecule has 0 saturated heterocycles. The lowest BCUT2D eigenvalue weighted by molar-refractivity contribution is -0.146. The molecule has 5 aromatic rings. The number of carboxylic acids is 1. The van der Waals surface area contributed by atoms with E-state index in [0.29, 0.717) is 19.6 Å². The molecular formula is C32H34N4O3S2. The first-order chi connectivity index (χ1) is 19.5. The van der Waals surface area contributed by atoms with Crippen LogP contribution in [0.2, 0.25) is 0 Å². The summed E-state index contributed by atoms with van der Waals surface area (Å²) in [7, 11) is 0. The highest BCUT2D eigenvalue weighted by Crippen LogP contribution is 2.44. The smallest absolute Gasteiger partial charge is 0.309 e. The predicted molar refractivity (Wildman–Crippen MR) is 166 cm³/mol. The van der Waals surface area contributed by atoms with Gasteiger partial charge in [0.1, 0.15) is 22.9 Å². The zero-order valence-electron chi connectivity index (χ0n) is 23.9. The van der Waals surface area contributed by atoms with Crippen LogP contribution in [0.25, 0.3) is 21.5 Å². The van der Waals surface area contributed by atoms with Crippen LogP contribution in [0.15, 0.2) is 77.3 Å². The molecule has 9 heteroatoms. The summed E-state index contributed by atoms with van der Waals surface area (Å²) in [6, 6.07) is 20.3. The lowest BCUT2D eigenvalue weighted by Crippen LogP contribution is -2.28. The van der Waals surface area contributed by atoms with E-state index in [0.717, 1.165) is 49.1 Å². The minimum absolute atomic E-state index is 0.0879. The van der Waals surface area contributed by atoms with Gasteiger partial charge in [0.2, 0.25) is 0 Å². The molecule has 0 aliphatic rings. The molecule has 1 N–H and O–H groups in total. The molecule has 0 unspecified atom stereocenters. The Morgan fingerprint density at radius 2 is 1.83 bits per heavy atom. The molecule has 5 rings (SSSR count). The third kappa shape index (κ3) is 6.80. The van der Waals surface area contributed by atoms with Gasteiger partial charge >= 0.3 is 5.97 Å². The third-order valence-corrected chi connectivity index (χ3v) is 8.71. The van der Waals surface area contributed by atoms with Crippen LogP contribution < -0.4 is 4.74 Å². The SMILES string of the molecule is CC(C)(C)Sc1c(CC(C)(C)C(=O)O)n(Cc2ccc(-c3nncs3)cc2)c2ccc(OCc3ccccn3)cc12. The molecule has 0 radical (unpaired) electrons. The van der Waals surface area contributed by atoms with Gasteiger partial charge in [-0.2, -0.15) is 0 Å². The van der Waals surface area contributed by atoms with Crippen molar-refractivity contribution < 1.29 is 14.6 Å². The number of aliphatic carboxylic acids is 1. The van der Waals surface area contributed by atoms with Crippen molar-refractivity contribution in [1.82, 2.24) is 19.7 Å². The topological polar surface area (TPSA) is 90.1 Å². The fourth-order valence-corrected chi connectivity index (χ4v) is 6.34. The molecule has 3 heterocycles. The normalized spacial score (nSPS) is 12.1. The summed E-state index contributed by atoms with van der Waals surface area (Å²) in [5.41, 5.74) is 5.85. The highest BCUT2D eigenvalue weighted by atomic mass is 32.2. The van der Waals surface area contributed by atoms with Crippen molar-refractivity contribution in [3.05, 3.63) is 89.3 Å². The maximum atomic E-state index is 12.3. The number of hydrogen-bond donors (Lipinski definition) is 1. The summed E-state index contributed by atoms with van der Waals surface area (Å²) in [5, 5.41) is 20.2. The van der Waals surface area contributed by atoms with Crippen molar-refractivity contribution in [3.63, 3.8) is 0 Å². The van der Waals surface area contributed by atoms with Crippen LogP contribution in [-0.4, -0.2) is 35.6 Å². The van der Waals surface area contributed by atoms with E-state index in [1.807, 2.05) is 24.3 Å². The number of hydrogen-bond acceptors (Lipinski definition) is 7. The average molecular weight is 587 g/mol. The molecule has 0 aliphatic carbocycles. The van der Waals surface area contributed by atoms with Crippen molar-refractivity contribution in [2.24, 2.45) is 5.41 Å². The van der Waals surface area contributed by atoms with Crippen molar-refractivity contribution in [3.8, 4) is 16.3 Å². The Hall–Kier alpha value is -3.69. The first kappa shape index (κ1) is 28.8. The summed E-state index contributed by atoms with van der Waals surface area (Å²) in [6.07, 6.45) is 2.15. The second-order valence-electron chi connectivity index (χ2n) is 11.7. The largest absolute Gasteiger partial charge is 0.487 e. The molecule has 0 aliphatic heterocycles. The standard InChI is InChI=1S/C32H34N4O3S2/c1-31(2,3)41-28-25-16-24(39-19-23-8-6-7-15-33-23)13-14-26(25)36(27(28)17-32(4,5)30(37)38)18-21-9-11-22(12-10-21)29-35-34-20-40-29/h6-16,20H,17-19H2,1-5H3,(H,37,38). The van der Waals surface area contributed by atoms with E-state index < -0.39 is 11.4 Å². The second-order valence-corrected chi connectivity index (χ2v) is 14.3. The summed E-state index contributed by atoms with van der Waals surface area (Å²) in [6.45, 7) is 11.1. The number of nitrogens with zero attached hydrogens (tertiary/aromatic N) is 4. The van der Waals surface area contributed by atoms with Gasteiger partial charge in [0.15, 0.2) is 0 Å². The zero-order chi connectivity index (χ0) is 29.2. The van der Waals surface area contributed by atoms with Crippen LogP contribution >= 0.6 is 23.1 Å². The highest BCUT2D eigenvalue weighted by molar-refractivity contribution is 8.00. The zero-order valence-corrected chi connectivity index (χ0v) is 25.6. The molecule has 7 nitrogen and oxygen atoms in total. The summed E-state index contributed by atoms with van der Waals surface area (Å²) >= 11 is 3.28. The van der Waals surface area contributed by atoms with E-state index in [4.69, 9.17) is 4.74 Å². The maximum Gasteiger partial charge on any atom is 0.309 e. The highest BCUT2D eigenvalue weighted by Gasteiger charge is 2.33. The van der Waals surface area contributed by atoms with E-state index in [-0.39, 0.29) is 4.75 Å². The van der Waals surface area contributed by atoms with Gasteiger partial charge in [-0.05, 0) is 49.7 Å². The molecule has 0 fully saturated rings. The molecular weight excluding hydrogens is 553 g/mol. The Balaban J connectivity index is 1.60. The number of fused-ring (bicyclic) bond motifs is 1. The molecule has 0 atom stereocenters. The third-order valence-electron chi connectivity index (χ3n) is 6.70. The Bertz CT molecular complexity index is 1640. The van der Waals surface area contributed by atoms with Crippen LogP contribution in [0.4, 0.5) is 0 Å². The lowest BCUT2D eigenvalue weighted by atomic mass is 9.88. The second kappa shape index (κ2) is 11.7. The quantitative estimate of drug-likeness (QED) is 0.168. The van der Waals surface area contributed by atoms with Gasteiger partial charge in [0.05, 0.1) is 11.1 Å². The molecule has 41 heavy (non-hydrogen) atoms. The number of carboxylic acid groups (broad SMARTS) is 1. The summed E-state index contributed by atoms with van der Waals surface area (Å²) in [5.74, 6) is -0.0664. The summed E-state index contributed by atoms with van der Waals surface area (Å²) in [4.78, 5) is 17.7. The van der Waals surface area contributed by atoms with Crippen molar-refractivity contribution in [1.29, 1.82) is 0 Å². The van der Waals surface area contributed by atoms with Crippen molar-refractivity contribution >= 4 is 40.0 Å². The Morgan fingerprint density at radius 1 is 1.05 bits per heavy atom. The fourth-order valence-electron chi connectivity index (χ4n) is 4.59. The molecule has 0 spiro atoms. The van der Waals surface area contributed by atoms with Crippen LogP contribution in [0.5, 0.6) is 5.75 Å². The van der Waals surface area contributed by atoms with Crippen molar-refractivity contribution in [2.45, 2.75) is 63.8 Å². The Kier molecular flexibility index (Phi) is 8.20. The number of carbonyl (C=O) groups is 1. The minimum Gasteiger partial charge on any atom is -0.487 e. The van der Waals surface area contributed by atoms with Crippen molar-refractivity contribution in [2.75, 3.05) is 0 Å². The van der Waals surface area contributed by atoms with Gasteiger partial charge in [-0.25, -0.2) is 0 Å². The monoisotopic (exact) mass is 586 g/mol. The van der Waals surface area contributed by atoms with E-state index in [9.17, 15) is 9.90 Å². The minimum atomic E-state index is -0.945. The molecule has 212 valence electrons. The van der Waals surface area contributed by atoms with Gasteiger partial charge in [-0.1, -0.05) is 62.4 Å². The Morgan fingerprint density at radius 3 is 2.46 bits per heavy atom. The molecule has 0 saturated carbocycles. The number of benzene rings is 2. The van der Waals surface area contributed by atoms with E-state index in [1.165, 1.54) is 11.3 Å². The van der Waals surface area contributed by atoms with E-state index in [1.54, 1.807) is 37.3 Å². The van der Waals surface area contributed by atoms with E-state index >= 15 is 0 Å². The maximum absolute atomic E-state index is 12.3. The average Bonchev–Trinajstić information content (AvgIpc) is 3.56. The van der Waals surface area contributed by atoms with Gasteiger partial charge in [0, 0.05) is 51.0 Å². The van der Waals surface area contributed by atoms with Gasteiger partial charge in [0.25, 0.3) is 0 Å². The summed E-state index contributed by atoms with van der Waals surface area (Å²) < 4.78 is 8.34. The molecule has 3 aromatic heterocycles. The van der Waals surface area contributed by atoms with Crippen LogP contribution in [-0.2, 0) is 24.4 Å². The molecule has 2 aromatic carbocycles. The lowest BCUT2D eigenvalue weighted by Gasteiger charge is -2.24. The van der Waals surface area contributed by atoms with Crippen LogP contribution in [0.3, 0.4) is 0 Å².